The zero-order valence-corrected chi connectivity index (χ0v) is 19.5. The van der Waals surface area contributed by atoms with Gasteiger partial charge in [-0.2, -0.15) is 0 Å². The lowest BCUT2D eigenvalue weighted by Crippen LogP contribution is -2.22. The van der Waals surface area contributed by atoms with Crippen molar-refractivity contribution in [1.29, 1.82) is 5.41 Å². The van der Waals surface area contributed by atoms with Gasteiger partial charge in [-0.3, -0.25) is 9.98 Å². The fourth-order valence-corrected chi connectivity index (χ4v) is 3.99. The predicted octanol–water partition coefficient (Wildman–Crippen LogP) is 4.34. The maximum absolute atomic E-state index is 8.83. The summed E-state index contributed by atoms with van der Waals surface area (Å²) in [6.45, 7) is 4.71. The number of halogens is 1. The molecule has 3 aromatic heterocycles. The number of hydrogen-bond acceptors (Lipinski definition) is 5. The molecule has 31 heavy (non-hydrogen) atoms. The second kappa shape index (κ2) is 8.55. The largest absolute Gasteiger partial charge is 0.493 e. The minimum absolute atomic E-state index is 0.446. The molecule has 160 valence electrons. The summed E-state index contributed by atoms with van der Waals surface area (Å²) in [5, 5.41) is 9.68. The second-order valence-corrected chi connectivity index (χ2v) is 8.22. The summed E-state index contributed by atoms with van der Waals surface area (Å²) in [6.07, 6.45) is 4.25. The van der Waals surface area contributed by atoms with E-state index in [1.807, 2.05) is 53.3 Å². The molecule has 0 aliphatic carbocycles. The Bertz CT molecular complexity index is 1310. The van der Waals surface area contributed by atoms with Crippen LogP contribution in [0.1, 0.15) is 16.8 Å². The predicted molar refractivity (Wildman–Crippen MR) is 123 cm³/mol. The molecule has 0 saturated carbocycles. The number of nitrogens with one attached hydrogen (secondary N) is 1. The molecule has 0 amide bonds. The minimum Gasteiger partial charge on any atom is -0.493 e. The fourth-order valence-electron chi connectivity index (χ4n) is 3.75. The molecule has 0 aliphatic heterocycles. The molecule has 0 radical (unpaired) electrons. The Morgan fingerprint density at radius 3 is 2.48 bits per heavy atom. The van der Waals surface area contributed by atoms with Crippen LogP contribution in [-0.2, 0) is 13.0 Å². The van der Waals surface area contributed by atoms with Crippen LogP contribution >= 0.6 is 15.9 Å². The lowest BCUT2D eigenvalue weighted by Gasteiger charge is -2.11. The number of aryl methyl sites for hydroxylation is 3. The average Bonchev–Trinajstić information content (AvgIpc) is 3.04. The summed E-state index contributed by atoms with van der Waals surface area (Å²) in [5.74, 6) is 2.20. The van der Waals surface area contributed by atoms with Crippen LogP contribution in [-0.4, -0.2) is 33.3 Å². The minimum atomic E-state index is 0.446. The number of pyridine rings is 1. The van der Waals surface area contributed by atoms with Crippen LogP contribution in [0, 0.1) is 19.3 Å². The molecule has 1 N–H and O–H groups in total. The lowest BCUT2D eigenvalue weighted by molar-refractivity contribution is 0.354. The number of hydrogen-bond donors (Lipinski definition) is 1. The molecule has 4 aromatic rings. The van der Waals surface area contributed by atoms with Crippen LogP contribution in [0.25, 0.3) is 16.9 Å². The van der Waals surface area contributed by atoms with Crippen molar-refractivity contribution in [2.24, 2.45) is 0 Å². The maximum atomic E-state index is 8.83. The number of aromatic nitrogens is 4. The first kappa shape index (κ1) is 21.1. The first-order valence-electron chi connectivity index (χ1n) is 9.89. The first-order chi connectivity index (χ1) is 14.9. The topological polar surface area (TPSA) is 78.0 Å². The van der Waals surface area contributed by atoms with Crippen molar-refractivity contribution in [3.8, 4) is 17.3 Å². The highest BCUT2D eigenvalue weighted by atomic mass is 79.9. The van der Waals surface area contributed by atoms with Crippen LogP contribution in [0.15, 0.2) is 47.3 Å². The third kappa shape index (κ3) is 3.83. The van der Waals surface area contributed by atoms with Gasteiger partial charge in [0.2, 0.25) is 0 Å². The number of fused-ring (bicyclic) bond motifs is 1. The molecular formula is C23H24BrN5O2. The van der Waals surface area contributed by atoms with Gasteiger partial charge in [0.25, 0.3) is 0 Å². The Kier molecular flexibility index (Phi) is 5.82. The van der Waals surface area contributed by atoms with Gasteiger partial charge in [-0.15, -0.1) is 0 Å². The van der Waals surface area contributed by atoms with E-state index in [4.69, 9.17) is 19.9 Å². The van der Waals surface area contributed by atoms with Gasteiger partial charge in [0.1, 0.15) is 11.3 Å². The van der Waals surface area contributed by atoms with E-state index in [0.29, 0.717) is 23.5 Å². The van der Waals surface area contributed by atoms with Crippen molar-refractivity contribution in [2.75, 3.05) is 14.2 Å². The number of ether oxygens (including phenoxy) is 2. The molecule has 0 unspecified atom stereocenters. The van der Waals surface area contributed by atoms with Gasteiger partial charge >= 0.3 is 0 Å². The Morgan fingerprint density at radius 2 is 1.81 bits per heavy atom. The maximum Gasteiger partial charge on any atom is 0.160 e. The van der Waals surface area contributed by atoms with Crippen molar-refractivity contribution < 1.29 is 9.47 Å². The van der Waals surface area contributed by atoms with Gasteiger partial charge < -0.3 is 14.0 Å². The molecule has 4 rings (SSSR count). The molecule has 0 fully saturated rings. The molecule has 0 saturated heterocycles. The zero-order valence-electron chi connectivity index (χ0n) is 17.9. The molecular weight excluding hydrogens is 458 g/mol. The van der Waals surface area contributed by atoms with Crippen LogP contribution in [0.5, 0.6) is 11.5 Å². The van der Waals surface area contributed by atoms with Crippen LogP contribution in [0.2, 0.25) is 0 Å². The van der Waals surface area contributed by atoms with E-state index in [-0.39, 0.29) is 0 Å². The molecule has 0 aliphatic rings. The molecule has 7 nitrogen and oxygen atoms in total. The standard InChI is InChI=1S/C23H24BrN5O2/c1-14-15(2)29(20-8-6-17(24)12-26-20)23-21(14)22(25)28(13-27-23)10-9-16-5-7-18(30-3)19(11-16)31-4/h5-8,11-13,25H,9-10H2,1-4H3. The molecule has 3 heterocycles. The summed E-state index contributed by atoms with van der Waals surface area (Å²) in [6, 6.07) is 9.79. The monoisotopic (exact) mass is 481 g/mol. The van der Waals surface area contributed by atoms with E-state index in [9.17, 15) is 0 Å². The second-order valence-electron chi connectivity index (χ2n) is 7.30. The highest BCUT2D eigenvalue weighted by Crippen LogP contribution is 2.28. The van der Waals surface area contributed by atoms with E-state index in [0.717, 1.165) is 44.6 Å². The summed E-state index contributed by atoms with van der Waals surface area (Å²) in [7, 11) is 3.26. The van der Waals surface area contributed by atoms with Crippen molar-refractivity contribution >= 4 is 27.0 Å². The third-order valence-electron chi connectivity index (χ3n) is 5.56. The Hall–Kier alpha value is -3.13. The van der Waals surface area contributed by atoms with Gasteiger partial charge in [-0.05, 0) is 71.6 Å². The van der Waals surface area contributed by atoms with Crippen molar-refractivity contribution in [3.63, 3.8) is 0 Å². The highest BCUT2D eigenvalue weighted by molar-refractivity contribution is 9.10. The molecule has 0 spiro atoms. The van der Waals surface area contributed by atoms with Crippen molar-refractivity contribution in [3.05, 3.63) is 69.6 Å². The van der Waals surface area contributed by atoms with E-state index in [1.54, 1.807) is 26.7 Å². The van der Waals surface area contributed by atoms with Gasteiger partial charge in [-0.25, -0.2) is 9.97 Å². The average molecular weight is 482 g/mol. The number of methoxy groups -OCH3 is 2. The normalized spacial score (nSPS) is 11.1. The Balaban J connectivity index is 1.70. The van der Waals surface area contributed by atoms with Crippen LogP contribution in [0.4, 0.5) is 0 Å². The van der Waals surface area contributed by atoms with Gasteiger partial charge in [-0.1, -0.05) is 6.07 Å². The smallest absolute Gasteiger partial charge is 0.160 e. The first-order valence-corrected chi connectivity index (χ1v) is 10.7. The van der Waals surface area contributed by atoms with E-state index in [2.05, 4.69) is 20.9 Å². The summed E-state index contributed by atoms with van der Waals surface area (Å²) >= 11 is 3.43. The van der Waals surface area contributed by atoms with Gasteiger partial charge in [0, 0.05) is 22.9 Å². The Labute approximate surface area is 188 Å². The van der Waals surface area contributed by atoms with E-state index in [1.165, 1.54) is 0 Å². The van der Waals surface area contributed by atoms with Crippen LogP contribution < -0.4 is 15.0 Å². The lowest BCUT2D eigenvalue weighted by atomic mass is 10.1. The molecule has 8 heteroatoms. The number of nitrogens with zero attached hydrogens (tertiary/aromatic N) is 4. The SMILES string of the molecule is COc1ccc(CCn2cnc3c(c(C)c(C)n3-c3ccc(Br)cn3)c2=N)cc1OC. The number of benzene rings is 1. The molecule has 1 aromatic carbocycles. The van der Waals surface area contributed by atoms with E-state index < -0.39 is 0 Å². The Morgan fingerprint density at radius 1 is 1.03 bits per heavy atom. The van der Waals surface area contributed by atoms with Crippen molar-refractivity contribution in [2.45, 2.75) is 26.8 Å². The van der Waals surface area contributed by atoms with Crippen molar-refractivity contribution in [1.82, 2.24) is 19.1 Å². The quantitative estimate of drug-likeness (QED) is 0.444. The number of rotatable bonds is 6. The summed E-state index contributed by atoms with van der Waals surface area (Å²) in [5.41, 5.74) is 4.37. The molecule has 0 atom stereocenters. The third-order valence-corrected chi connectivity index (χ3v) is 6.03. The highest BCUT2D eigenvalue weighted by Gasteiger charge is 2.17. The fraction of sp³-hybridized carbons (Fsp3) is 0.261. The van der Waals surface area contributed by atoms with E-state index >= 15 is 0 Å². The van der Waals surface area contributed by atoms with Crippen LogP contribution in [0.3, 0.4) is 0 Å². The summed E-state index contributed by atoms with van der Waals surface area (Å²) < 4.78 is 15.5. The zero-order chi connectivity index (χ0) is 22.1. The van der Waals surface area contributed by atoms with Gasteiger partial charge in [0.05, 0.1) is 25.9 Å². The summed E-state index contributed by atoms with van der Waals surface area (Å²) in [4.78, 5) is 9.22. The molecule has 0 bridgehead atoms. The van der Waals surface area contributed by atoms with Gasteiger partial charge in [0.15, 0.2) is 17.1 Å².